The highest BCUT2D eigenvalue weighted by Gasteiger charge is 2.07. The third-order valence-corrected chi connectivity index (χ3v) is 3.38. The highest BCUT2D eigenvalue weighted by Crippen LogP contribution is 2.17. The molecule has 1 unspecified atom stereocenters. The minimum absolute atomic E-state index is 0.172. The van der Waals surface area contributed by atoms with E-state index in [9.17, 15) is 5.26 Å². The topological polar surface area (TPSA) is 35.8 Å². The lowest BCUT2D eigenvalue weighted by Gasteiger charge is -2.13. The highest BCUT2D eigenvalue weighted by atomic mass is 79.9. The second-order valence-corrected chi connectivity index (χ2v) is 5.28. The molecule has 96 valence electrons. The average Bonchev–Trinajstić information content (AvgIpc) is 2.44. The van der Waals surface area contributed by atoms with E-state index in [0.29, 0.717) is 0 Å². The van der Waals surface area contributed by atoms with Gasteiger partial charge in [-0.15, -0.1) is 0 Å². The second kappa shape index (κ2) is 6.96. The molecule has 2 aromatic rings. The van der Waals surface area contributed by atoms with Crippen LogP contribution in [-0.2, 0) is 6.42 Å². The van der Waals surface area contributed by atoms with E-state index in [1.807, 2.05) is 42.5 Å². The molecule has 0 amide bonds. The standard InChI is InChI=1S/C16H15BrN2/c17-14-7-4-8-15(11-14)19-16(12-18)10-9-13-5-2-1-3-6-13/h1-8,11,16,19H,9-10H2. The summed E-state index contributed by atoms with van der Waals surface area (Å²) in [7, 11) is 0. The van der Waals surface area contributed by atoms with Gasteiger partial charge in [0.2, 0.25) is 0 Å². The monoisotopic (exact) mass is 314 g/mol. The molecule has 1 atom stereocenters. The lowest BCUT2D eigenvalue weighted by atomic mass is 10.1. The van der Waals surface area contributed by atoms with Crippen LogP contribution in [0.4, 0.5) is 5.69 Å². The quantitative estimate of drug-likeness (QED) is 0.888. The molecule has 0 aliphatic heterocycles. The number of nitriles is 1. The van der Waals surface area contributed by atoms with Gasteiger partial charge in [-0.1, -0.05) is 52.3 Å². The molecule has 0 aliphatic rings. The van der Waals surface area contributed by atoms with Crippen molar-refractivity contribution in [1.29, 1.82) is 5.26 Å². The van der Waals surface area contributed by atoms with Gasteiger partial charge in [0.1, 0.15) is 6.04 Å². The normalized spacial score (nSPS) is 11.6. The lowest BCUT2D eigenvalue weighted by molar-refractivity contribution is 0.769. The summed E-state index contributed by atoms with van der Waals surface area (Å²) in [5.74, 6) is 0. The van der Waals surface area contributed by atoms with E-state index in [4.69, 9.17) is 0 Å². The fourth-order valence-electron chi connectivity index (χ4n) is 1.90. The van der Waals surface area contributed by atoms with Crippen LogP contribution in [0.3, 0.4) is 0 Å². The van der Waals surface area contributed by atoms with Gasteiger partial charge in [-0.2, -0.15) is 5.26 Å². The number of halogens is 1. The molecule has 2 rings (SSSR count). The van der Waals surface area contributed by atoms with Gasteiger partial charge in [-0.25, -0.2) is 0 Å². The molecule has 19 heavy (non-hydrogen) atoms. The molecule has 0 spiro atoms. The summed E-state index contributed by atoms with van der Waals surface area (Å²) in [4.78, 5) is 0. The average molecular weight is 315 g/mol. The van der Waals surface area contributed by atoms with Crippen molar-refractivity contribution in [2.45, 2.75) is 18.9 Å². The van der Waals surface area contributed by atoms with E-state index in [-0.39, 0.29) is 6.04 Å². The molecular weight excluding hydrogens is 300 g/mol. The minimum Gasteiger partial charge on any atom is -0.370 e. The first kappa shape index (κ1) is 13.6. The Balaban J connectivity index is 1.92. The Labute approximate surface area is 122 Å². The van der Waals surface area contributed by atoms with Gasteiger partial charge in [-0.05, 0) is 36.6 Å². The Morgan fingerprint density at radius 2 is 1.89 bits per heavy atom. The Morgan fingerprint density at radius 3 is 2.58 bits per heavy atom. The van der Waals surface area contributed by atoms with E-state index in [1.165, 1.54) is 5.56 Å². The molecule has 2 nitrogen and oxygen atoms in total. The molecule has 0 aromatic heterocycles. The molecular formula is C16H15BrN2. The molecule has 3 heteroatoms. The number of benzene rings is 2. The maximum absolute atomic E-state index is 9.21. The Morgan fingerprint density at radius 1 is 1.11 bits per heavy atom. The van der Waals surface area contributed by atoms with Crippen LogP contribution in [0.2, 0.25) is 0 Å². The van der Waals surface area contributed by atoms with Crippen LogP contribution < -0.4 is 5.32 Å². The van der Waals surface area contributed by atoms with Gasteiger partial charge in [-0.3, -0.25) is 0 Å². The van der Waals surface area contributed by atoms with E-state index < -0.39 is 0 Å². The zero-order chi connectivity index (χ0) is 13.5. The maximum atomic E-state index is 9.21. The van der Waals surface area contributed by atoms with Crippen LogP contribution in [0.5, 0.6) is 0 Å². The smallest absolute Gasteiger partial charge is 0.114 e. The van der Waals surface area contributed by atoms with Crippen molar-refractivity contribution >= 4 is 21.6 Å². The summed E-state index contributed by atoms with van der Waals surface area (Å²) < 4.78 is 1.01. The number of anilines is 1. The summed E-state index contributed by atoms with van der Waals surface area (Å²) in [5, 5.41) is 12.5. The first-order chi connectivity index (χ1) is 9.28. The Kier molecular flexibility index (Phi) is 5.00. The summed E-state index contributed by atoms with van der Waals surface area (Å²) >= 11 is 3.43. The van der Waals surface area contributed by atoms with E-state index in [2.05, 4.69) is 39.4 Å². The summed E-state index contributed by atoms with van der Waals surface area (Å²) in [6.45, 7) is 0. The zero-order valence-corrected chi connectivity index (χ0v) is 12.1. The van der Waals surface area contributed by atoms with Gasteiger partial charge in [0.15, 0.2) is 0 Å². The van der Waals surface area contributed by atoms with Crippen LogP contribution in [-0.4, -0.2) is 6.04 Å². The Hall–Kier alpha value is -1.79. The van der Waals surface area contributed by atoms with E-state index >= 15 is 0 Å². The first-order valence-electron chi connectivity index (χ1n) is 6.23. The number of aryl methyl sites for hydroxylation is 1. The number of nitrogens with zero attached hydrogens (tertiary/aromatic N) is 1. The fourth-order valence-corrected chi connectivity index (χ4v) is 2.30. The number of nitrogens with one attached hydrogen (secondary N) is 1. The number of hydrogen-bond donors (Lipinski definition) is 1. The molecule has 2 aromatic carbocycles. The first-order valence-corrected chi connectivity index (χ1v) is 7.03. The molecule has 0 radical (unpaired) electrons. The van der Waals surface area contributed by atoms with Gasteiger partial charge >= 0.3 is 0 Å². The highest BCUT2D eigenvalue weighted by molar-refractivity contribution is 9.10. The van der Waals surface area contributed by atoms with Crippen molar-refractivity contribution in [3.8, 4) is 6.07 Å². The molecule has 0 bridgehead atoms. The number of rotatable bonds is 5. The SMILES string of the molecule is N#CC(CCc1ccccc1)Nc1cccc(Br)c1. The van der Waals surface area contributed by atoms with Crippen molar-refractivity contribution in [1.82, 2.24) is 0 Å². The molecule has 1 N–H and O–H groups in total. The van der Waals surface area contributed by atoms with Gasteiger partial charge in [0, 0.05) is 10.2 Å². The van der Waals surface area contributed by atoms with E-state index in [1.54, 1.807) is 0 Å². The summed E-state index contributed by atoms with van der Waals surface area (Å²) in [5.41, 5.74) is 2.23. The second-order valence-electron chi connectivity index (χ2n) is 4.36. The van der Waals surface area contributed by atoms with Crippen LogP contribution in [0.15, 0.2) is 59.1 Å². The van der Waals surface area contributed by atoms with Crippen LogP contribution in [0.25, 0.3) is 0 Å². The van der Waals surface area contributed by atoms with Crippen LogP contribution >= 0.6 is 15.9 Å². The third-order valence-electron chi connectivity index (χ3n) is 2.89. The van der Waals surface area contributed by atoms with Crippen molar-refractivity contribution in [3.05, 3.63) is 64.6 Å². The largest absolute Gasteiger partial charge is 0.370 e. The molecule has 0 fully saturated rings. The molecule has 0 heterocycles. The lowest BCUT2D eigenvalue weighted by Crippen LogP contribution is -2.18. The van der Waals surface area contributed by atoms with Crippen molar-refractivity contribution in [2.75, 3.05) is 5.32 Å². The summed E-state index contributed by atoms with van der Waals surface area (Å²) in [6, 6.07) is 20.3. The zero-order valence-electron chi connectivity index (χ0n) is 10.5. The number of hydrogen-bond acceptors (Lipinski definition) is 2. The predicted molar refractivity (Wildman–Crippen MR) is 81.9 cm³/mol. The molecule has 0 saturated heterocycles. The maximum Gasteiger partial charge on any atom is 0.114 e. The predicted octanol–water partition coefficient (Wildman–Crippen LogP) is 4.39. The van der Waals surface area contributed by atoms with Crippen LogP contribution in [0, 0.1) is 11.3 Å². The summed E-state index contributed by atoms with van der Waals surface area (Å²) in [6.07, 6.45) is 1.70. The van der Waals surface area contributed by atoms with Crippen molar-refractivity contribution in [2.24, 2.45) is 0 Å². The van der Waals surface area contributed by atoms with E-state index in [0.717, 1.165) is 23.0 Å². The third kappa shape index (κ3) is 4.42. The van der Waals surface area contributed by atoms with Gasteiger partial charge < -0.3 is 5.32 Å². The molecule has 0 aliphatic carbocycles. The fraction of sp³-hybridized carbons (Fsp3) is 0.188. The molecule has 0 saturated carbocycles. The Bertz CT molecular complexity index is 560. The minimum atomic E-state index is -0.172. The van der Waals surface area contributed by atoms with Crippen LogP contribution in [0.1, 0.15) is 12.0 Å². The van der Waals surface area contributed by atoms with Gasteiger partial charge in [0.25, 0.3) is 0 Å². The van der Waals surface area contributed by atoms with Gasteiger partial charge in [0.05, 0.1) is 6.07 Å². The van der Waals surface area contributed by atoms with Crippen molar-refractivity contribution < 1.29 is 0 Å². The van der Waals surface area contributed by atoms with Crippen molar-refractivity contribution in [3.63, 3.8) is 0 Å².